The van der Waals surface area contributed by atoms with Crippen molar-refractivity contribution in [3.05, 3.63) is 261 Å². The summed E-state index contributed by atoms with van der Waals surface area (Å²) in [5.74, 6) is 0. The third-order valence-electron chi connectivity index (χ3n) is 12.3. The molecule has 0 heterocycles. The molecule has 1 nitrogen and oxygen atoms in total. The van der Waals surface area contributed by atoms with E-state index in [-0.39, 0.29) is 0 Å². The second kappa shape index (κ2) is 16.7. The van der Waals surface area contributed by atoms with Gasteiger partial charge in [-0.15, -0.1) is 0 Å². The summed E-state index contributed by atoms with van der Waals surface area (Å²) in [6, 6.07) is 94.5. The fraction of sp³-hybridized carbons (Fsp3) is 0. The van der Waals surface area contributed by atoms with Crippen molar-refractivity contribution in [1.29, 1.82) is 0 Å². The Morgan fingerprint density at radius 1 is 0.190 bits per heavy atom. The fourth-order valence-corrected chi connectivity index (χ4v) is 9.08. The van der Waals surface area contributed by atoms with Crippen molar-refractivity contribution in [2.75, 3.05) is 4.90 Å². The second-order valence-corrected chi connectivity index (χ2v) is 16.1. The summed E-state index contributed by atoms with van der Waals surface area (Å²) in [6.07, 6.45) is 0. The topological polar surface area (TPSA) is 3.24 Å². The van der Waals surface area contributed by atoms with E-state index in [9.17, 15) is 0 Å². The first-order valence-corrected chi connectivity index (χ1v) is 21.7. The lowest BCUT2D eigenvalue weighted by Crippen LogP contribution is -2.09. The molecule has 296 valence electrons. The van der Waals surface area contributed by atoms with Gasteiger partial charge in [0.25, 0.3) is 0 Å². The third kappa shape index (κ3) is 7.47. The predicted molar refractivity (Wildman–Crippen MR) is 269 cm³/mol. The van der Waals surface area contributed by atoms with Crippen molar-refractivity contribution in [2.24, 2.45) is 0 Å². The van der Waals surface area contributed by atoms with E-state index >= 15 is 0 Å². The third-order valence-corrected chi connectivity index (χ3v) is 12.3. The molecule has 0 unspecified atom stereocenters. The highest BCUT2D eigenvalue weighted by atomic mass is 15.1. The van der Waals surface area contributed by atoms with E-state index in [0.717, 1.165) is 17.1 Å². The van der Waals surface area contributed by atoms with Gasteiger partial charge in [-0.1, -0.05) is 224 Å². The molecule has 0 atom stereocenters. The summed E-state index contributed by atoms with van der Waals surface area (Å²) in [6.45, 7) is 0. The zero-order valence-corrected chi connectivity index (χ0v) is 34.8. The van der Waals surface area contributed by atoms with E-state index in [1.54, 1.807) is 0 Å². The van der Waals surface area contributed by atoms with Gasteiger partial charge in [-0.25, -0.2) is 0 Å². The quantitative estimate of drug-likeness (QED) is 0.141. The Morgan fingerprint density at radius 2 is 0.540 bits per heavy atom. The van der Waals surface area contributed by atoms with E-state index in [1.165, 1.54) is 88.3 Å². The van der Waals surface area contributed by atoms with Crippen molar-refractivity contribution in [3.63, 3.8) is 0 Å². The Morgan fingerprint density at radius 3 is 1.06 bits per heavy atom. The van der Waals surface area contributed by atoms with Crippen LogP contribution in [0.4, 0.5) is 17.1 Å². The van der Waals surface area contributed by atoms with E-state index in [0.29, 0.717) is 0 Å². The van der Waals surface area contributed by atoms with E-state index in [4.69, 9.17) is 0 Å². The molecular weight excluding hydrogens is 759 g/mol. The summed E-state index contributed by atoms with van der Waals surface area (Å²) in [7, 11) is 0. The minimum absolute atomic E-state index is 1.09. The van der Waals surface area contributed by atoms with Gasteiger partial charge in [0.1, 0.15) is 0 Å². The van der Waals surface area contributed by atoms with Crippen LogP contribution in [-0.2, 0) is 0 Å². The summed E-state index contributed by atoms with van der Waals surface area (Å²) in [4.78, 5) is 2.36. The molecular formula is C62H43N. The van der Waals surface area contributed by atoms with Crippen LogP contribution in [0, 0.1) is 0 Å². The maximum atomic E-state index is 2.36. The van der Waals surface area contributed by atoms with Crippen LogP contribution in [0.5, 0.6) is 0 Å². The van der Waals surface area contributed by atoms with Crippen LogP contribution in [0.25, 0.3) is 88.3 Å². The Hall–Kier alpha value is -8.26. The average Bonchev–Trinajstić information content (AvgIpc) is 3.37. The Kier molecular flexibility index (Phi) is 9.97. The molecule has 1 heteroatoms. The maximum absolute atomic E-state index is 2.36. The van der Waals surface area contributed by atoms with Gasteiger partial charge < -0.3 is 4.90 Å². The largest absolute Gasteiger partial charge is 0.311 e. The van der Waals surface area contributed by atoms with Crippen molar-refractivity contribution in [2.45, 2.75) is 0 Å². The summed E-state index contributed by atoms with van der Waals surface area (Å²) >= 11 is 0. The number of benzene rings is 11. The minimum Gasteiger partial charge on any atom is -0.311 e. The van der Waals surface area contributed by atoms with Gasteiger partial charge in [-0.05, 0) is 125 Å². The lowest BCUT2D eigenvalue weighted by Gasteiger charge is -2.26. The molecule has 0 amide bonds. The van der Waals surface area contributed by atoms with Crippen LogP contribution in [-0.4, -0.2) is 0 Å². The SMILES string of the molecule is c1ccc(-c2ccc(-c3ccc(N(c4ccc(-c5ccc(-c6cccc7ccccc67)cc5)cc4)c4ccc(-c5c(-c6ccccc6)ccc6ccccc56)cc4)cc3)cc2)cc1. The molecule has 0 saturated carbocycles. The van der Waals surface area contributed by atoms with Gasteiger partial charge in [-0.3, -0.25) is 0 Å². The molecule has 11 rings (SSSR count). The second-order valence-electron chi connectivity index (χ2n) is 16.1. The highest BCUT2D eigenvalue weighted by Crippen LogP contribution is 2.42. The van der Waals surface area contributed by atoms with Crippen molar-refractivity contribution < 1.29 is 0 Å². The number of anilines is 3. The Balaban J connectivity index is 0.951. The highest BCUT2D eigenvalue weighted by Gasteiger charge is 2.17. The smallest absolute Gasteiger partial charge is 0.0462 e. The molecule has 11 aromatic carbocycles. The molecule has 0 bridgehead atoms. The summed E-state index contributed by atoms with van der Waals surface area (Å²) in [5.41, 5.74) is 17.8. The van der Waals surface area contributed by atoms with Crippen molar-refractivity contribution in [3.8, 4) is 66.8 Å². The van der Waals surface area contributed by atoms with E-state index < -0.39 is 0 Å². The van der Waals surface area contributed by atoms with Crippen LogP contribution >= 0.6 is 0 Å². The molecule has 0 aliphatic heterocycles. The molecule has 11 aromatic rings. The zero-order chi connectivity index (χ0) is 42.0. The zero-order valence-electron chi connectivity index (χ0n) is 34.8. The standard InChI is InChI=1S/C62H43N/c1-3-12-44(13-4-1)45-22-24-46(25-23-45)48-30-37-55(38-31-48)63(56-39-32-49(33-40-56)47-26-28-53(29-27-47)59-21-11-18-50-16-7-9-19-58(50)59)57-41-34-54(35-42-57)62-60-20-10-8-17-52(60)36-43-61(62)51-14-5-2-6-15-51/h1-43H. The molecule has 63 heavy (non-hydrogen) atoms. The number of fused-ring (bicyclic) bond motifs is 2. The molecule has 0 N–H and O–H groups in total. The fourth-order valence-electron chi connectivity index (χ4n) is 9.08. The van der Waals surface area contributed by atoms with Crippen LogP contribution in [0.15, 0.2) is 261 Å². The molecule has 0 aromatic heterocycles. The monoisotopic (exact) mass is 801 g/mol. The number of hydrogen-bond donors (Lipinski definition) is 0. The van der Waals surface area contributed by atoms with Gasteiger partial charge in [0.05, 0.1) is 0 Å². The number of rotatable bonds is 9. The Bertz CT molecular complexity index is 3310. The average molecular weight is 802 g/mol. The van der Waals surface area contributed by atoms with Crippen LogP contribution in [0.3, 0.4) is 0 Å². The highest BCUT2D eigenvalue weighted by molar-refractivity contribution is 6.04. The molecule has 0 radical (unpaired) electrons. The lowest BCUT2D eigenvalue weighted by molar-refractivity contribution is 1.28. The van der Waals surface area contributed by atoms with Crippen LogP contribution in [0.1, 0.15) is 0 Å². The van der Waals surface area contributed by atoms with E-state index in [2.05, 4.69) is 266 Å². The van der Waals surface area contributed by atoms with Crippen molar-refractivity contribution >= 4 is 38.6 Å². The first-order valence-electron chi connectivity index (χ1n) is 21.7. The first-order chi connectivity index (χ1) is 31.2. The number of hydrogen-bond acceptors (Lipinski definition) is 1. The minimum atomic E-state index is 1.09. The van der Waals surface area contributed by atoms with Gasteiger partial charge >= 0.3 is 0 Å². The van der Waals surface area contributed by atoms with Crippen molar-refractivity contribution in [1.82, 2.24) is 0 Å². The lowest BCUT2D eigenvalue weighted by atomic mass is 9.89. The summed E-state index contributed by atoms with van der Waals surface area (Å²) in [5, 5.41) is 5.01. The number of nitrogens with zero attached hydrogens (tertiary/aromatic N) is 1. The predicted octanol–water partition coefficient (Wildman–Crippen LogP) is 17.5. The van der Waals surface area contributed by atoms with Crippen LogP contribution < -0.4 is 4.90 Å². The molecule has 0 aliphatic rings. The maximum Gasteiger partial charge on any atom is 0.0462 e. The normalized spacial score (nSPS) is 11.2. The van der Waals surface area contributed by atoms with Gasteiger partial charge in [0.15, 0.2) is 0 Å². The molecule has 0 fully saturated rings. The van der Waals surface area contributed by atoms with Gasteiger partial charge in [0.2, 0.25) is 0 Å². The Labute approximate surface area is 369 Å². The summed E-state index contributed by atoms with van der Waals surface area (Å²) < 4.78 is 0. The van der Waals surface area contributed by atoms with E-state index in [1.807, 2.05) is 0 Å². The van der Waals surface area contributed by atoms with Crippen LogP contribution in [0.2, 0.25) is 0 Å². The first kappa shape index (κ1) is 37.7. The molecule has 0 aliphatic carbocycles. The molecule has 0 spiro atoms. The van der Waals surface area contributed by atoms with Gasteiger partial charge in [-0.2, -0.15) is 0 Å². The van der Waals surface area contributed by atoms with Gasteiger partial charge in [0, 0.05) is 17.1 Å². The molecule has 0 saturated heterocycles.